The van der Waals surface area contributed by atoms with Gasteiger partial charge in [0.1, 0.15) is 5.82 Å². The van der Waals surface area contributed by atoms with Crippen LogP contribution in [0.3, 0.4) is 0 Å². The third kappa shape index (κ3) is 5.46. The van der Waals surface area contributed by atoms with Gasteiger partial charge >= 0.3 is 0 Å². The number of amides is 1. The molecule has 1 atom stereocenters. The van der Waals surface area contributed by atoms with Crippen molar-refractivity contribution < 1.29 is 6.22 Å². The molecular weight excluding hydrogens is 457 g/mol. The molecule has 2 aromatic rings. The van der Waals surface area contributed by atoms with Crippen molar-refractivity contribution in [1.82, 2.24) is 20.1 Å². The van der Waals surface area contributed by atoms with Gasteiger partial charge in [0, 0.05) is 70.5 Å². The zero-order chi connectivity index (χ0) is 23.6. The van der Waals surface area contributed by atoms with Crippen LogP contribution in [-0.4, -0.2) is 72.0 Å². The van der Waals surface area contributed by atoms with Crippen molar-refractivity contribution in [2.24, 2.45) is 0 Å². The number of piperazine rings is 1. The van der Waals surface area contributed by atoms with Crippen molar-refractivity contribution in [3.63, 3.8) is 0 Å². The number of hydrogen-bond donors (Lipinski definition) is 1. The van der Waals surface area contributed by atoms with Crippen LogP contribution < -0.4 is 10.2 Å². The van der Waals surface area contributed by atoms with Crippen LogP contribution in [0.4, 0.5) is 5.82 Å². The van der Waals surface area contributed by atoms with Crippen molar-refractivity contribution in [2.75, 3.05) is 44.7 Å². The second-order valence-corrected chi connectivity index (χ2v) is 10.3. The maximum Gasteiger partial charge on any atom is 0.252 e. The lowest BCUT2D eigenvalue weighted by Gasteiger charge is -2.53. The van der Waals surface area contributed by atoms with Crippen LogP contribution in [0.25, 0.3) is 0 Å². The number of nitrogens with zero attached hydrogens (tertiary/aromatic N) is 4. The summed E-state index contributed by atoms with van der Waals surface area (Å²) in [5.41, 5.74) is 2.00. The van der Waals surface area contributed by atoms with E-state index in [-0.39, 0.29) is 12.9 Å². The average molecular weight is 492 g/mol. The second kappa shape index (κ2) is 10.2. The van der Waals surface area contributed by atoms with Crippen LogP contribution in [0.1, 0.15) is 44.0 Å². The molecule has 2 aliphatic heterocycles. The lowest BCUT2D eigenvalue weighted by atomic mass is 9.85. The highest BCUT2D eigenvalue weighted by Crippen LogP contribution is 2.34. The summed E-state index contributed by atoms with van der Waals surface area (Å²) in [6.45, 7) is 10.6. The van der Waals surface area contributed by atoms with Gasteiger partial charge in [-0.2, -0.15) is 0 Å². The summed E-state index contributed by atoms with van der Waals surface area (Å²) in [5, 5.41) is 3.93. The fraction of sp³-hybridized carbons (Fsp3) is 0.520. The molecule has 0 bridgehead atoms. The Labute approximate surface area is 208 Å². The lowest BCUT2D eigenvalue weighted by molar-refractivity contribution is 0.000518. The number of likely N-dealkylation sites (tertiary alicyclic amines) is 1. The molecule has 2 aliphatic rings. The van der Waals surface area contributed by atoms with Gasteiger partial charge in [-0.05, 0) is 50.5 Å². The monoisotopic (exact) mass is 491 g/mol. The van der Waals surface area contributed by atoms with Crippen LogP contribution in [0.5, 0.6) is 0 Å². The van der Waals surface area contributed by atoms with E-state index in [0.29, 0.717) is 16.6 Å². The first-order valence-corrected chi connectivity index (χ1v) is 12.4. The first kappa shape index (κ1) is 24.3. The van der Waals surface area contributed by atoms with Crippen molar-refractivity contribution in [1.29, 1.82) is 0 Å². The largest absolute Gasteiger partial charge is 0.355 e. The number of anilines is 1. The minimum Gasteiger partial charge on any atom is -0.355 e. The van der Waals surface area contributed by atoms with Gasteiger partial charge < -0.3 is 10.2 Å². The van der Waals surface area contributed by atoms with E-state index in [1.54, 1.807) is 19.3 Å². The maximum absolute atomic E-state index is 11.9. The SMILES string of the molecule is CNC(=O)c1cnc(N2CCN(C3(C)CCN(Cc4ccc(Cl)cc4)CC3)[C@@H](C)C2)c(Cl)c1.[HH]. The molecule has 1 N–H and O–H groups in total. The topological polar surface area (TPSA) is 51.7 Å². The molecule has 3 heterocycles. The standard InChI is InChI=1S/C25H33Cl2N5O.H2/c1-18-16-31(23-22(27)14-20(15-29-23)24(33)28-3)12-13-32(18)25(2)8-10-30(11-9-25)17-19-4-6-21(26)7-5-19;/h4-7,14-15,18H,8-13,16-17H2,1-3H3,(H,28,33);1H/t18-;/m0./s1. The van der Waals surface area contributed by atoms with Crippen molar-refractivity contribution >= 4 is 34.9 Å². The van der Waals surface area contributed by atoms with E-state index < -0.39 is 0 Å². The summed E-state index contributed by atoms with van der Waals surface area (Å²) in [6.07, 6.45) is 3.92. The first-order chi connectivity index (χ1) is 15.8. The van der Waals surface area contributed by atoms with Gasteiger partial charge in [-0.15, -0.1) is 0 Å². The predicted molar refractivity (Wildman–Crippen MR) is 138 cm³/mol. The van der Waals surface area contributed by atoms with E-state index in [1.807, 2.05) is 12.1 Å². The molecule has 1 aromatic carbocycles. The Morgan fingerprint density at radius 3 is 2.48 bits per heavy atom. The summed E-state index contributed by atoms with van der Waals surface area (Å²) in [4.78, 5) is 23.8. The van der Waals surface area contributed by atoms with E-state index in [1.165, 1.54) is 5.56 Å². The highest BCUT2D eigenvalue weighted by Gasteiger charge is 2.40. The summed E-state index contributed by atoms with van der Waals surface area (Å²) in [5.74, 6) is 0.586. The highest BCUT2D eigenvalue weighted by atomic mass is 35.5. The molecule has 1 aromatic heterocycles. The number of carbonyl (C=O) groups excluding carboxylic acids is 1. The van der Waals surface area contributed by atoms with Crippen LogP contribution in [0, 0.1) is 0 Å². The molecule has 4 rings (SSSR count). The molecule has 6 nitrogen and oxygen atoms in total. The normalized spacial score (nSPS) is 21.7. The molecule has 1 amide bonds. The Morgan fingerprint density at radius 1 is 1.18 bits per heavy atom. The number of piperidine rings is 1. The second-order valence-electron chi connectivity index (χ2n) is 9.50. The molecular formula is C25H35Cl2N5O. The van der Waals surface area contributed by atoms with Gasteiger partial charge in [0.05, 0.1) is 10.6 Å². The van der Waals surface area contributed by atoms with E-state index >= 15 is 0 Å². The number of benzene rings is 1. The van der Waals surface area contributed by atoms with Crippen LogP contribution in [-0.2, 0) is 6.54 Å². The molecule has 8 heteroatoms. The third-order valence-corrected chi connectivity index (χ3v) is 7.71. The van der Waals surface area contributed by atoms with Gasteiger partial charge in [0.15, 0.2) is 0 Å². The molecule has 0 unspecified atom stereocenters. The minimum atomic E-state index is -0.176. The van der Waals surface area contributed by atoms with E-state index in [9.17, 15) is 4.79 Å². The maximum atomic E-state index is 11.9. The van der Waals surface area contributed by atoms with Gasteiger partial charge in [-0.1, -0.05) is 35.3 Å². The molecule has 2 fully saturated rings. The Balaban J connectivity index is 0.00000324. The van der Waals surface area contributed by atoms with Crippen molar-refractivity contribution in [3.05, 3.63) is 57.7 Å². The van der Waals surface area contributed by atoms with Crippen molar-refractivity contribution in [3.8, 4) is 0 Å². The lowest BCUT2D eigenvalue weighted by Crippen LogP contribution is -2.63. The number of rotatable bonds is 5. The molecule has 2 saturated heterocycles. The highest BCUT2D eigenvalue weighted by molar-refractivity contribution is 6.33. The average Bonchev–Trinajstić information content (AvgIpc) is 2.81. The first-order valence-electron chi connectivity index (χ1n) is 11.7. The zero-order valence-corrected chi connectivity index (χ0v) is 21.2. The van der Waals surface area contributed by atoms with Crippen LogP contribution in [0.2, 0.25) is 10.0 Å². The van der Waals surface area contributed by atoms with E-state index in [2.05, 4.69) is 51.0 Å². The quantitative estimate of drug-likeness (QED) is 0.664. The minimum absolute atomic E-state index is 0. The number of hydrogen-bond acceptors (Lipinski definition) is 5. The van der Waals surface area contributed by atoms with Crippen LogP contribution >= 0.6 is 23.2 Å². The molecule has 0 radical (unpaired) electrons. The Bertz CT molecular complexity index is 982. The summed E-state index contributed by atoms with van der Waals surface area (Å²) in [6, 6.07) is 10.3. The molecule has 180 valence electrons. The number of pyridine rings is 1. The molecule has 0 aliphatic carbocycles. The molecule has 33 heavy (non-hydrogen) atoms. The van der Waals surface area contributed by atoms with Gasteiger partial charge in [0.25, 0.3) is 5.91 Å². The number of carbonyl (C=O) groups is 1. The van der Waals surface area contributed by atoms with Gasteiger partial charge in [0.2, 0.25) is 0 Å². The number of nitrogens with one attached hydrogen (secondary N) is 1. The van der Waals surface area contributed by atoms with Crippen molar-refractivity contribution in [2.45, 2.75) is 44.8 Å². The summed E-state index contributed by atoms with van der Waals surface area (Å²) in [7, 11) is 1.60. The number of aromatic nitrogens is 1. The van der Waals surface area contributed by atoms with E-state index in [4.69, 9.17) is 23.2 Å². The summed E-state index contributed by atoms with van der Waals surface area (Å²) < 4.78 is 0. The summed E-state index contributed by atoms with van der Waals surface area (Å²) >= 11 is 12.5. The Kier molecular flexibility index (Phi) is 7.49. The fourth-order valence-electron chi connectivity index (χ4n) is 5.21. The predicted octanol–water partition coefficient (Wildman–Crippen LogP) is 4.56. The Morgan fingerprint density at radius 2 is 1.88 bits per heavy atom. The van der Waals surface area contributed by atoms with Gasteiger partial charge in [-0.3, -0.25) is 14.6 Å². The molecule has 0 saturated carbocycles. The zero-order valence-electron chi connectivity index (χ0n) is 19.7. The van der Waals surface area contributed by atoms with Crippen LogP contribution in [0.15, 0.2) is 36.5 Å². The van der Waals surface area contributed by atoms with Gasteiger partial charge in [-0.25, -0.2) is 4.98 Å². The fourth-order valence-corrected chi connectivity index (χ4v) is 5.62. The smallest absolute Gasteiger partial charge is 0.252 e. The Hall–Kier alpha value is -1.86. The van der Waals surface area contributed by atoms with E-state index in [0.717, 1.165) is 63.0 Å². The molecule has 0 spiro atoms. The number of halogens is 2. The third-order valence-electron chi connectivity index (χ3n) is 7.18.